The average Bonchev–Trinajstić information content (AvgIpc) is 2.73. The highest BCUT2D eigenvalue weighted by atomic mass is 19.4. The average molecular weight is 458 g/mol. The number of carboxylic acids is 1. The standard InChI is InChI=1S/C19H15F3N2O.C2HF3O2/c1-23-15-11-17(19(20,21)22)24-18(12-15)25-16-9-5-8-14(10-16)13-6-3-2-4-7-13;3-2(4,5)1(6)7/h2-12H,1H3,(H,23,24);(H,6,7). The molecule has 2 aromatic carbocycles. The first-order chi connectivity index (χ1) is 14.9. The van der Waals surface area contributed by atoms with Gasteiger partial charge in [-0.1, -0.05) is 42.5 Å². The lowest BCUT2D eigenvalue weighted by Crippen LogP contribution is -2.21. The Morgan fingerprint density at radius 3 is 2.03 bits per heavy atom. The minimum absolute atomic E-state index is 0.121. The highest BCUT2D eigenvalue weighted by molar-refractivity contribution is 5.73. The molecule has 0 radical (unpaired) electrons. The number of anilines is 1. The maximum Gasteiger partial charge on any atom is 0.490 e. The molecule has 1 heterocycles. The van der Waals surface area contributed by atoms with Crippen LogP contribution in [-0.2, 0) is 11.0 Å². The molecular weight excluding hydrogens is 442 g/mol. The van der Waals surface area contributed by atoms with Crippen LogP contribution in [0, 0.1) is 0 Å². The number of hydrogen-bond acceptors (Lipinski definition) is 4. The van der Waals surface area contributed by atoms with E-state index >= 15 is 0 Å². The Morgan fingerprint density at radius 2 is 1.50 bits per heavy atom. The van der Waals surface area contributed by atoms with E-state index < -0.39 is 24.0 Å². The molecule has 3 aromatic rings. The monoisotopic (exact) mass is 458 g/mol. The van der Waals surface area contributed by atoms with Crippen LogP contribution in [0.15, 0.2) is 66.7 Å². The van der Waals surface area contributed by atoms with Crippen molar-refractivity contribution in [1.29, 1.82) is 0 Å². The summed E-state index contributed by atoms with van der Waals surface area (Å²) in [5.41, 5.74) is 1.16. The molecule has 0 aliphatic rings. The van der Waals surface area contributed by atoms with Crippen molar-refractivity contribution in [3.63, 3.8) is 0 Å². The molecule has 32 heavy (non-hydrogen) atoms. The number of nitrogens with zero attached hydrogens (tertiary/aromatic N) is 1. The minimum atomic E-state index is -5.08. The third-order valence-electron chi connectivity index (χ3n) is 3.79. The number of carboxylic acid groups (broad SMARTS) is 1. The molecule has 0 fully saturated rings. The highest BCUT2D eigenvalue weighted by Crippen LogP contribution is 2.33. The predicted octanol–water partition coefficient (Wildman–Crippen LogP) is 6.23. The normalized spacial score (nSPS) is 11.2. The lowest BCUT2D eigenvalue weighted by molar-refractivity contribution is -0.192. The zero-order chi connectivity index (χ0) is 23.9. The number of nitrogens with one attached hydrogen (secondary N) is 1. The molecule has 0 saturated heterocycles. The predicted molar refractivity (Wildman–Crippen MR) is 104 cm³/mol. The number of pyridine rings is 1. The Kier molecular flexibility index (Phi) is 7.68. The van der Waals surface area contributed by atoms with Gasteiger partial charge in [0.1, 0.15) is 5.75 Å². The van der Waals surface area contributed by atoms with Crippen LogP contribution in [0.2, 0.25) is 0 Å². The van der Waals surface area contributed by atoms with Gasteiger partial charge in [-0.05, 0) is 29.3 Å². The maximum atomic E-state index is 13.0. The van der Waals surface area contributed by atoms with E-state index in [1.165, 1.54) is 13.1 Å². The second-order valence-corrected chi connectivity index (χ2v) is 6.13. The van der Waals surface area contributed by atoms with Crippen molar-refractivity contribution in [3.8, 4) is 22.8 Å². The second-order valence-electron chi connectivity index (χ2n) is 6.13. The van der Waals surface area contributed by atoms with Gasteiger partial charge in [-0.3, -0.25) is 0 Å². The molecule has 2 N–H and O–H groups in total. The van der Waals surface area contributed by atoms with E-state index in [1.807, 2.05) is 36.4 Å². The minimum Gasteiger partial charge on any atom is -0.475 e. The molecule has 0 aliphatic carbocycles. The summed E-state index contributed by atoms with van der Waals surface area (Å²) in [6, 6.07) is 19.1. The molecule has 1 aromatic heterocycles. The van der Waals surface area contributed by atoms with Crippen molar-refractivity contribution in [2.45, 2.75) is 12.4 Å². The van der Waals surface area contributed by atoms with Crippen LogP contribution in [0.3, 0.4) is 0 Å². The molecule has 170 valence electrons. The van der Waals surface area contributed by atoms with Gasteiger partial charge in [0.25, 0.3) is 0 Å². The van der Waals surface area contributed by atoms with Crippen LogP contribution < -0.4 is 10.1 Å². The van der Waals surface area contributed by atoms with Crippen LogP contribution in [0.25, 0.3) is 11.1 Å². The molecule has 0 spiro atoms. The van der Waals surface area contributed by atoms with Crippen LogP contribution in [0.5, 0.6) is 11.6 Å². The van der Waals surface area contributed by atoms with E-state index in [2.05, 4.69) is 10.3 Å². The number of benzene rings is 2. The molecule has 0 bridgehead atoms. The number of halogens is 6. The Labute approximate surface area is 178 Å². The summed E-state index contributed by atoms with van der Waals surface area (Å²) in [6.45, 7) is 0. The van der Waals surface area contributed by atoms with Crippen LogP contribution in [0.1, 0.15) is 5.69 Å². The van der Waals surface area contributed by atoms with E-state index in [1.54, 1.807) is 18.2 Å². The van der Waals surface area contributed by atoms with Crippen LogP contribution >= 0.6 is 0 Å². The van der Waals surface area contributed by atoms with Gasteiger partial charge in [0.05, 0.1) is 0 Å². The van der Waals surface area contributed by atoms with Crippen molar-refractivity contribution in [2.24, 2.45) is 0 Å². The van der Waals surface area contributed by atoms with Gasteiger partial charge >= 0.3 is 18.3 Å². The quantitative estimate of drug-likeness (QED) is 0.453. The van der Waals surface area contributed by atoms with Crippen molar-refractivity contribution in [2.75, 3.05) is 12.4 Å². The number of rotatable bonds is 4. The number of aliphatic carboxylic acids is 1. The fourth-order valence-electron chi connectivity index (χ4n) is 2.34. The number of carbonyl (C=O) groups is 1. The lowest BCUT2D eigenvalue weighted by atomic mass is 10.1. The third-order valence-corrected chi connectivity index (χ3v) is 3.79. The van der Waals surface area contributed by atoms with Crippen molar-refractivity contribution >= 4 is 11.7 Å². The largest absolute Gasteiger partial charge is 0.490 e. The molecule has 0 amide bonds. The SMILES string of the molecule is CNc1cc(Oc2cccc(-c3ccccc3)c2)nc(C(F)(F)F)c1.O=C(O)C(F)(F)F. The number of ether oxygens (including phenoxy) is 1. The smallest absolute Gasteiger partial charge is 0.475 e. The first-order valence-corrected chi connectivity index (χ1v) is 8.80. The fourth-order valence-corrected chi connectivity index (χ4v) is 2.34. The first-order valence-electron chi connectivity index (χ1n) is 8.80. The topological polar surface area (TPSA) is 71.5 Å². The van der Waals surface area contributed by atoms with E-state index in [0.717, 1.165) is 17.2 Å². The number of aromatic nitrogens is 1. The summed E-state index contributed by atoms with van der Waals surface area (Å²) in [4.78, 5) is 12.5. The second kappa shape index (κ2) is 10.0. The van der Waals surface area contributed by atoms with E-state index in [9.17, 15) is 26.3 Å². The van der Waals surface area contributed by atoms with Gasteiger partial charge in [0.15, 0.2) is 5.69 Å². The lowest BCUT2D eigenvalue weighted by Gasteiger charge is -2.12. The molecule has 0 atom stereocenters. The van der Waals surface area contributed by atoms with Gasteiger partial charge in [0.2, 0.25) is 5.88 Å². The maximum absolute atomic E-state index is 13.0. The molecule has 0 unspecified atom stereocenters. The summed E-state index contributed by atoms with van der Waals surface area (Å²) in [5.74, 6) is -2.47. The van der Waals surface area contributed by atoms with E-state index in [-0.39, 0.29) is 11.6 Å². The first kappa shape index (κ1) is 24.5. The van der Waals surface area contributed by atoms with Crippen molar-refractivity contribution < 1.29 is 41.0 Å². The van der Waals surface area contributed by atoms with Gasteiger partial charge in [-0.25, -0.2) is 9.78 Å². The Hall–Kier alpha value is -3.76. The third kappa shape index (κ3) is 7.18. The Balaban J connectivity index is 0.000000451. The summed E-state index contributed by atoms with van der Waals surface area (Å²) in [5, 5.41) is 9.81. The fraction of sp³-hybridized carbons (Fsp3) is 0.143. The van der Waals surface area contributed by atoms with Crippen LogP contribution in [0.4, 0.5) is 32.0 Å². The molecule has 3 rings (SSSR count). The molecule has 0 saturated carbocycles. The summed E-state index contributed by atoms with van der Waals surface area (Å²) >= 11 is 0. The van der Waals surface area contributed by atoms with Gasteiger partial charge in [-0.15, -0.1) is 0 Å². The molecule has 5 nitrogen and oxygen atoms in total. The molecule has 0 aliphatic heterocycles. The number of hydrogen-bond donors (Lipinski definition) is 2. The molecular formula is C21H16F6N2O3. The number of alkyl halides is 6. The van der Waals surface area contributed by atoms with Gasteiger partial charge in [-0.2, -0.15) is 26.3 Å². The van der Waals surface area contributed by atoms with Gasteiger partial charge < -0.3 is 15.2 Å². The van der Waals surface area contributed by atoms with Gasteiger partial charge in [0, 0.05) is 18.8 Å². The highest BCUT2D eigenvalue weighted by Gasteiger charge is 2.38. The Morgan fingerprint density at radius 1 is 0.906 bits per heavy atom. The zero-order valence-electron chi connectivity index (χ0n) is 16.3. The Bertz CT molecular complexity index is 1050. The summed E-state index contributed by atoms with van der Waals surface area (Å²) < 4.78 is 76.2. The summed E-state index contributed by atoms with van der Waals surface area (Å²) in [7, 11) is 1.54. The molecule has 11 heteroatoms. The van der Waals surface area contributed by atoms with Crippen molar-refractivity contribution in [1.82, 2.24) is 4.98 Å². The summed E-state index contributed by atoms with van der Waals surface area (Å²) in [6.07, 6.45) is -9.63. The van der Waals surface area contributed by atoms with Crippen LogP contribution in [-0.4, -0.2) is 29.3 Å². The van der Waals surface area contributed by atoms with E-state index in [4.69, 9.17) is 14.6 Å². The van der Waals surface area contributed by atoms with E-state index in [0.29, 0.717) is 5.75 Å². The zero-order valence-corrected chi connectivity index (χ0v) is 16.3. The van der Waals surface area contributed by atoms with Crippen molar-refractivity contribution in [3.05, 3.63) is 72.4 Å².